The molecule has 6 nitrogen and oxygen atoms in total. The quantitative estimate of drug-likeness (QED) is 0.886. The molecule has 0 bridgehead atoms. The second-order valence-electron chi connectivity index (χ2n) is 6.12. The van der Waals surface area contributed by atoms with Gasteiger partial charge in [-0.3, -0.25) is 9.78 Å². The highest BCUT2D eigenvalue weighted by molar-refractivity contribution is 7.89. The summed E-state index contributed by atoms with van der Waals surface area (Å²) in [4.78, 5) is 18.2. The van der Waals surface area contributed by atoms with Crippen molar-refractivity contribution in [2.45, 2.75) is 31.1 Å². The number of nitrogens with zero attached hydrogens (tertiary/aromatic N) is 2. The van der Waals surface area contributed by atoms with Gasteiger partial charge in [0, 0.05) is 37.6 Å². The van der Waals surface area contributed by atoms with Gasteiger partial charge in [0.1, 0.15) is 4.90 Å². The van der Waals surface area contributed by atoms with Gasteiger partial charge in [0.15, 0.2) is 0 Å². The molecule has 0 saturated heterocycles. The molecule has 1 aromatic heterocycles. The third-order valence-electron chi connectivity index (χ3n) is 4.23. The number of amides is 1. The zero-order valence-corrected chi connectivity index (χ0v) is 14.9. The monoisotopic (exact) mass is 359 g/mol. The molecule has 1 amide bonds. The zero-order chi connectivity index (χ0) is 17.9. The first-order valence-corrected chi connectivity index (χ1v) is 9.75. The predicted molar refractivity (Wildman–Crippen MR) is 95.9 cm³/mol. The highest BCUT2D eigenvalue weighted by Gasteiger charge is 2.23. The first-order valence-electron chi connectivity index (χ1n) is 8.27. The Balaban J connectivity index is 1.63. The minimum absolute atomic E-state index is 0.0632. The van der Waals surface area contributed by atoms with E-state index in [2.05, 4.69) is 15.8 Å². The van der Waals surface area contributed by atoms with E-state index in [0.717, 1.165) is 18.5 Å². The minimum Gasteiger partial charge on any atom is -0.312 e. The summed E-state index contributed by atoms with van der Waals surface area (Å²) in [5.41, 5.74) is 3.30. The molecule has 1 aromatic carbocycles. The first-order chi connectivity index (χ1) is 12.0. The normalized spacial score (nSPS) is 14.2. The van der Waals surface area contributed by atoms with E-state index in [1.807, 2.05) is 19.1 Å². The van der Waals surface area contributed by atoms with Gasteiger partial charge in [0.05, 0.1) is 0 Å². The average Bonchev–Trinajstić information content (AvgIpc) is 2.61. The van der Waals surface area contributed by atoms with E-state index in [1.165, 1.54) is 29.6 Å². The third-order valence-corrected chi connectivity index (χ3v) is 5.68. The number of benzene rings is 1. The van der Waals surface area contributed by atoms with Crippen LogP contribution in [0.15, 0.2) is 47.6 Å². The lowest BCUT2D eigenvalue weighted by molar-refractivity contribution is -0.118. The van der Waals surface area contributed by atoms with E-state index in [0.29, 0.717) is 6.54 Å². The fraction of sp³-hybridized carbons (Fsp3) is 0.333. The Morgan fingerprint density at radius 3 is 2.92 bits per heavy atom. The molecule has 0 saturated carbocycles. The standard InChI is InChI=1S/C18H21N3O3S/c1-14-6-7-17-15(12-14)4-3-11-21(17)18(22)8-10-20-25(23,24)16-5-2-9-19-13-16/h2,5-7,9,12-13,20H,3-4,8,10-11H2,1H3. The molecule has 1 N–H and O–H groups in total. The van der Waals surface area contributed by atoms with Gasteiger partial charge in [-0.2, -0.15) is 0 Å². The molecule has 0 fully saturated rings. The lowest BCUT2D eigenvalue weighted by Crippen LogP contribution is -2.37. The molecule has 25 heavy (non-hydrogen) atoms. The van der Waals surface area contributed by atoms with Gasteiger partial charge in [-0.05, 0) is 43.5 Å². The van der Waals surface area contributed by atoms with Crippen LogP contribution in [-0.2, 0) is 21.2 Å². The van der Waals surface area contributed by atoms with Crippen LogP contribution in [0, 0.1) is 6.92 Å². The van der Waals surface area contributed by atoms with Crippen LogP contribution >= 0.6 is 0 Å². The van der Waals surface area contributed by atoms with Gasteiger partial charge < -0.3 is 4.90 Å². The van der Waals surface area contributed by atoms with Crippen molar-refractivity contribution >= 4 is 21.6 Å². The number of rotatable bonds is 5. The maximum Gasteiger partial charge on any atom is 0.242 e. The number of nitrogens with one attached hydrogen (secondary N) is 1. The van der Waals surface area contributed by atoms with Crippen molar-refractivity contribution in [2.75, 3.05) is 18.0 Å². The number of hydrogen-bond acceptors (Lipinski definition) is 4. The van der Waals surface area contributed by atoms with Crippen LogP contribution in [0.1, 0.15) is 24.0 Å². The van der Waals surface area contributed by atoms with E-state index in [4.69, 9.17) is 0 Å². The summed E-state index contributed by atoms with van der Waals surface area (Å²) >= 11 is 0. The fourth-order valence-corrected chi connectivity index (χ4v) is 4.00. The van der Waals surface area contributed by atoms with Crippen molar-refractivity contribution in [1.29, 1.82) is 0 Å². The average molecular weight is 359 g/mol. The molecule has 3 rings (SSSR count). The number of pyridine rings is 1. The van der Waals surface area contributed by atoms with Crippen molar-refractivity contribution in [3.8, 4) is 0 Å². The largest absolute Gasteiger partial charge is 0.312 e. The van der Waals surface area contributed by atoms with Crippen molar-refractivity contribution < 1.29 is 13.2 Å². The van der Waals surface area contributed by atoms with Crippen LogP contribution in [0.25, 0.3) is 0 Å². The molecular formula is C18H21N3O3S. The van der Waals surface area contributed by atoms with Crippen LogP contribution in [0.5, 0.6) is 0 Å². The molecule has 0 spiro atoms. The SMILES string of the molecule is Cc1ccc2c(c1)CCCN2C(=O)CCNS(=O)(=O)c1cccnc1. The minimum atomic E-state index is -3.64. The van der Waals surface area contributed by atoms with Crippen LogP contribution in [0.2, 0.25) is 0 Å². The molecule has 0 radical (unpaired) electrons. The molecule has 0 unspecified atom stereocenters. The first kappa shape index (κ1) is 17.6. The maximum absolute atomic E-state index is 12.5. The smallest absolute Gasteiger partial charge is 0.242 e. The number of carbonyl (C=O) groups excluding carboxylic acids is 1. The Morgan fingerprint density at radius 1 is 1.32 bits per heavy atom. The molecular weight excluding hydrogens is 338 g/mol. The van der Waals surface area contributed by atoms with Gasteiger partial charge in [-0.15, -0.1) is 0 Å². The number of sulfonamides is 1. The number of aryl methyl sites for hydroxylation is 2. The highest BCUT2D eigenvalue weighted by Crippen LogP contribution is 2.28. The number of anilines is 1. The molecule has 0 atom stereocenters. The lowest BCUT2D eigenvalue weighted by Gasteiger charge is -2.30. The third kappa shape index (κ3) is 4.05. The fourth-order valence-electron chi connectivity index (χ4n) is 3.00. The molecule has 2 heterocycles. The Hall–Kier alpha value is -2.25. The zero-order valence-electron chi connectivity index (χ0n) is 14.1. The number of aromatic nitrogens is 1. The van der Waals surface area contributed by atoms with E-state index >= 15 is 0 Å². The predicted octanol–water partition coefficient (Wildman–Crippen LogP) is 2.04. The Kier molecular flexibility index (Phi) is 5.15. The van der Waals surface area contributed by atoms with Gasteiger partial charge >= 0.3 is 0 Å². The second-order valence-corrected chi connectivity index (χ2v) is 7.88. The Labute approximate surface area is 147 Å². The lowest BCUT2D eigenvalue weighted by atomic mass is 9.99. The molecule has 2 aromatic rings. The Bertz CT molecular complexity index is 866. The summed E-state index contributed by atoms with van der Waals surface area (Å²) in [5.74, 6) is -0.0707. The number of fused-ring (bicyclic) bond motifs is 1. The van der Waals surface area contributed by atoms with E-state index in [1.54, 1.807) is 11.0 Å². The molecule has 1 aliphatic rings. The van der Waals surface area contributed by atoms with Gasteiger partial charge in [0.25, 0.3) is 0 Å². The number of carbonyl (C=O) groups is 1. The van der Waals surface area contributed by atoms with Crippen LogP contribution < -0.4 is 9.62 Å². The highest BCUT2D eigenvalue weighted by atomic mass is 32.2. The summed E-state index contributed by atoms with van der Waals surface area (Å²) in [6.07, 6.45) is 4.80. The molecule has 1 aliphatic heterocycles. The maximum atomic E-state index is 12.5. The summed E-state index contributed by atoms with van der Waals surface area (Å²) in [5, 5.41) is 0. The summed E-state index contributed by atoms with van der Waals surface area (Å²) in [7, 11) is -3.64. The van der Waals surface area contributed by atoms with Crippen molar-refractivity contribution in [3.05, 3.63) is 53.9 Å². The van der Waals surface area contributed by atoms with E-state index < -0.39 is 10.0 Å². The van der Waals surface area contributed by atoms with Gasteiger partial charge in [-0.25, -0.2) is 13.1 Å². The van der Waals surface area contributed by atoms with Crippen LogP contribution in [0.4, 0.5) is 5.69 Å². The number of hydrogen-bond donors (Lipinski definition) is 1. The van der Waals surface area contributed by atoms with Crippen molar-refractivity contribution in [3.63, 3.8) is 0 Å². The van der Waals surface area contributed by atoms with Gasteiger partial charge in [0.2, 0.25) is 15.9 Å². The van der Waals surface area contributed by atoms with Gasteiger partial charge in [-0.1, -0.05) is 17.7 Å². The Morgan fingerprint density at radius 2 is 2.16 bits per heavy atom. The van der Waals surface area contributed by atoms with Crippen molar-refractivity contribution in [2.24, 2.45) is 0 Å². The molecule has 7 heteroatoms. The topological polar surface area (TPSA) is 79.4 Å². The summed E-state index contributed by atoms with van der Waals surface area (Å²) in [6.45, 7) is 2.77. The van der Waals surface area contributed by atoms with Crippen LogP contribution in [-0.4, -0.2) is 32.4 Å². The molecule has 132 valence electrons. The van der Waals surface area contributed by atoms with Crippen molar-refractivity contribution in [1.82, 2.24) is 9.71 Å². The second kappa shape index (κ2) is 7.33. The summed E-state index contributed by atoms with van der Waals surface area (Å²) in [6, 6.07) is 9.11. The van der Waals surface area contributed by atoms with Crippen LogP contribution in [0.3, 0.4) is 0 Å². The molecule has 0 aliphatic carbocycles. The van der Waals surface area contributed by atoms with E-state index in [-0.39, 0.29) is 23.8 Å². The summed E-state index contributed by atoms with van der Waals surface area (Å²) < 4.78 is 26.8. The van der Waals surface area contributed by atoms with E-state index in [9.17, 15) is 13.2 Å².